The molecule has 0 fully saturated rings. The molecule has 0 radical (unpaired) electrons. The molecular formula is C8H16F3NO. The van der Waals surface area contributed by atoms with Gasteiger partial charge in [0.15, 0.2) is 0 Å². The summed E-state index contributed by atoms with van der Waals surface area (Å²) in [6, 6.07) is -0.533. The number of aliphatic hydroxyl groups is 1. The maximum absolute atomic E-state index is 11.8. The predicted octanol–water partition coefficient (Wildman–Crippen LogP) is 1.55. The molecule has 0 aromatic carbocycles. The fraction of sp³-hybridized carbons (Fsp3) is 1.00. The first-order chi connectivity index (χ1) is 5.67. The van der Waals surface area contributed by atoms with Crippen LogP contribution in [-0.4, -0.2) is 30.5 Å². The van der Waals surface area contributed by atoms with E-state index in [9.17, 15) is 13.2 Å². The zero-order chi connectivity index (χ0) is 10.7. The Balaban J connectivity index is 4.02. The van der Waals surface area contributed by atoms with E-state index in [-0.39, 0.29) is 12.0 Å². The highest BCUT2D eigenvalue weighted by Gasteiger charge is 2.31. The molecule has 2 N–H and O–H groups in total. The summed E-state index contributed by atoms with van der Waals surface area (Å²) in [5, 5.41) is 11.1. The number of hydrogen-bond acceptors (Lipinski definition) is 2. The van der Waals surface area contributed by atoms with Gasteiger partial charge in [-0.25, -0.2) is 0 Å². The summed E-state index contributed by atoms with van der Waals surface area (Å²) < 4.78 is 35.4. The Bertz CT molecular complexity index is 150. The third-order valence-corrected chi connectivity index (χ3v) is 1.78. The second-order valence-corrected chi connectivity index (χ2v) is 4.10. The normalized spacial score (nSPS) is 15.9. The molecule has 1 atom stereocenters. The van der Waals surface area contributed by atoms with Crippen molar-refractivity contribution >= 4 is 0 Å². The van der Waals surface area contributed by atoms with Crippen LogP contribution >= 0.6 is 0 Å². The van der Waals surface area contributed by atoms with Gasteiger partial charge in [-0.15, -0.1) is 0 Å². The number of rotatable bonds is 3. The summed E-state index contributed by atoms with van der Waals surface area (Å²) >= 11 is 0. The van der Waals surface area contributed by atoms with Crippen LogP contribution in [0.4, 0.5) is 13.2 Å². The lowest BCUT2D eigenvalue weighted by Crippen LogP contribution is -2.46. The van der Waals surface area contributed by atoms with Crippen molar-refractivity contribution in [1.82, 2.24) is 5.32 Å². The summed E-state index contributed by atoms with van der Waals surface area (Å²) in [4.78, 5) is 0. The van der Waals surface area contributed by atoms with E-state index in [0.717, 1.165) is 0 Å². The molecule has 80 valence electrons. The van der Waals surface area contributed by atoms with Gasteiger partial charge in [0.05, 0.1) is 13.2 Å². The van der Waals surface area contributed by atoms with Gasteiger partial charge in [-0.3, -0.25) is 0 Å². The maximum Gasteiger partial charge on any atom is 0.401 e. The Morgan fingerprint density at radius 3 is 1.92 bits per heavy atom. The molecule has 0 spiro atoms. The van der Waals surface area contributed by atoms with E-state index in [1.54, 1.807) is 20.8 Å². The third kappa shape index (κ3) is 5.87. The van der Waals surface area contributed by atoms with Gasteiger partial charge in [0, 0.05) is 6.04 Å². The average molecular weight is 199 g/mol. The summed E-state index contributed by atoms with van der Waals surface area (Å²) in [5.41, 5.74) is -0.375. The minimum absolute atomic E-state index is 0.292. The van der Waals surface area contributed by atoms with Crippen molar-refractivity contribution in [2.45, 2.75) is 33.0 Å². The Kier molecular flexibility index (Phi) is 4.19. The van der Waals surface area contributed by atoms with Crippen LogP contribution in [0.1, 0.15) is 20.8 Å². The van der Waals surface area contributed by atoms with Crippen molar-refractivity contribution in [3.63, 3.8) is 0 Å². The van der Waals surface area contributed by atoms with Crippen LogP contribution in [-0.2, 0) is 0 Å². The topological polar surface area (TPSA) is 32.3 Å². The number of aliphatic hydroxyl groups excluding tert-OH is 1. The van der Waals surface area contributed by atoms with Crippen molar-refractivity contribution in [2.24, 2.45) is 5.41 Å². The van der Waals surface area contributed by atoms with E-state index in [4.69, 9.17) is 5.11 Å². The zero-order valence-corrected chi connectivity index (χ0v) is 8.07. The molecule has 0 saturated heterocycles. The molecule has 5 heteroatoms. The fourth-order valence-corrected chi connectivity index (χ4v) is 0.884. The largest absolute Gasteiger partial charge is 0.401 e. The van der Waals surface area contributed by atoms with E-state index in [2.05, 4.69) is 5.32 Å². The van der Waals surface area contributed by atoms with E-state index >= 15 is 0 Å². The maximum atomic E-state index is 11.8. The van der Waals surface area contributed by atoms with Crippen LogP contribution in [0.5, 0.6) is 0 Å². The summed E-state index contributed by atoms with van der Waals surface area (Å²) in [7, 11) is 0. The van der Waals surface area contributed by atoms with Crippen LogP contribution < -0.4 is 5.32 Å². The van der Waals surface area contributed by atoms with E-state index in [1.807, 2.05) is 0 Å². The molecule has 13 heavy (non-hydrogen) atoms. The van der Waals surface area contributed by atoms with Crippen LogP contribution in [0.3, 0.4) is 0 Å². The van der Waals surface area contributed by atoms with Gasteiger partial charge in [-0.1, -0.05) is 20.8 Å². The number of alkyl halides is 3. The Morgan fingerprint density at radius 1 is 1.23 bits per heavy atom. The molecule has 0 saturated carbocycles. The molecule has 2 nitrogen and oxygen atoms in total. The quantitative estimate of drug-likeness (QED) is 0.722. The molecule has 0 aromatic rings. The lowest BCUT2D eigenvalue weighted by Gasteiger charge is -2.30. The molecule has 0 aromatic heterocycles. The molecule has 0 rings (SSSR count). The van der Waals surface area contributed by atoms with Crippen LogP contribution in [0.15, 0.2) is 0 Å². The first-order valence-electron chi connectivity index (χ1n) is 4.08. The molecule has 0 aliphatic rings. The highest BCUT2D eigenvalue weighted by Crippen LogP contribution is 2.20. The highest BCUT2D eigenvalue weighted by atomic mass is 19.4. The van der Waals surface area contributed by atoms with E-state index < -0.39 is 18.8 Å². The van der Waals surface area contributed by atoms with Gasteiger partial charge in [0.2, 0.25) is 0 Å². The monoisotopic (exact) mass is 199 g/mol. The van der Waals surface area contributed by atoms with Crippen LogP contribution in [0.2, 0.25) is 0 Å². The summed E-state index contributed by atoms with van der Waals surface area (Å²) in [6.07, 6.45) is -4.22. The zero-order valence-electron chi connectivity index (χ0n) is 8.07. The fourth-order valence-electron chi connectivity index (χ4n) is 0.884. The van der Waals surface area contributed by atoms with Gasteiger partial charge < -0.3 is 10.4 Å². The molecule has 1 unspecified atom stereocenters. The Morgan fingerprint density at radius 2 is 1.69 bits per heavy atom. The van der Waals surface area contributed by atoms with E-state index in [1.165, 1.54) is 0 Å². The minimum Gasteiger partial charge on any atom is -0.395 e. The molecular weight excluding hydrogens is 183 g/mol. The number of hydrogen-bond donors (Lipinski definition) is 2. The highest BCUT2D eigenvalue weighted by molar-refractivity contribution is 4.80. The summed E-state index contributed by atoms with van der Waals surface area (Å²) in [5.74, 6) is 0. The van der Waals surface area contributed by atoms with Crippen molar-refractivity contribution in [3.8, 4) is 0 Å². The van der Waals surface area contributed by atoms with Gasteiger partial charge in [-0.05, 0) is 5.41 Å². The second-order valence-electron chi connectivity index (χ2n) is 4.10. The van der Waals surface area contributed by atoms with Crippen molar-refractivity contribution in [1.29, 1.82) is 0 Å². The van der Waals surface area contributed by atoms with Gasteiger partial charge in [-0.2, -0.15) is 13.2 Å². The smallest absolute Gasteiger partial charge is 0.395 e. The molecule has 0 heterocycles. The lowest BCUT2D eigenvalue weighted by molar-refractivity contribution is -0.128. The lowest BCUT2D eigenvalue weighted by atomic mass is 9.87. The van der Waals surface area contributed by atoms with E-state index in [0.29, 0.717) is 0 Å². The predicted molar refractivity (Wildman–Crippen MR) is 44.4 cm³/mol. The first kappa shape index (κ1) is 12.7. The van der Waals surface area contributed by atoms with Crippen molar-refractivity contribution in [3.05, 3.63) is 0 Å². The van der Waals surface area contributed by atoms with Crippen LogP contribution in [0, 0.1) is 5.41 Å². The third-order valence-electron chi connectivity index (χ3n) is 1.78. The van der Waals surface area contributed by atoms with Gasteiger partial charge >= 0.3 is 6.18 Å². The van der Waals surface area contributed by atoms with Gasteiger partial charge in [0.1, 0.15) is 0 Å². The van der Waals surface area contributed by atoms with Crippen molar-refractivity contribution < 1.29 is 18.3 Å². The van der Waals surface area contributed by atoms with Crippen molar-refractivity contribution in [2.75, 3.05) is 13.2 Å². The molecule has 0 aliphatic heterocycles. The van der Waals surface area contributed by atoms with Gasteiger partial charge in [0.25, 0.3) is 0 Å². The second kappa shape index (κ2) is 4.28. The number of halogens is 3. The number of nitrogens with one attached hydrogen (secondary N) is 1. The Labute approximate surface area is 76.1 Å². The Hall–Kier alpha value is -0.290. The minimum atomic E-state index is -4.22. The summed E-state index contributed by atoms with van der Waals surface area (Å²) in [6.45, 7) is 3.97. The first-order valence-corrected chi connectivity index (χ1v) is 4.08. The standard InChI is InChI=1S/C8H16F3NO/c1-7(2,3)6(4-13)12-5-8(9,10)11/h6,12-13H,4-5H2,1-3H3. The average Bonchev–Trinajstić information content (AvgIpc) is 1.82. The molecule has 0 bridgehead atoms. The SMILES string of the molecule is CC(C)(C)C(CO)NCC(F)(F)F. The van der Waals surface area contributed by atoms with Crippen LogP contribution in [0.25, 0.3) is 0 Å². The molecule has 0 aliphatic carbocycles. The molecule has 0 amide bonds.